The van der Waals surface area contributed by atoms with Crippen molar-refractivity contribution in [2.75, 3.05) is 29.2 Å². The highest BCUT2D eigenvalue weighted by molar-refractivity contribution is 7.91. The van der Waals surface area contributed by atoms with Gasteiger partial charge in [0.2, 0.25) is 5.95 Å². The van der Waals surface area contributed by atoms with E-state index in [1.54, 1.807) is 19.4 Å². The number of sulfone groups is 1. The number of hydrogen-bond donors (Lipinski definition) is 2. The largest absolute Gasteiger partial charge is 0.495 e. The van der Waals surface area contributed by atoms with Gasteiger partial charge in [0.05, 0.1) is 24.3 Å². The molecule has 1 atom stereocenters. The van der Waals surface area contributed by atoms with Gasteiger partial charge in [-0.1, -0.05) is 6.07 Å². The van der Waals surface area contributed by atoms with E-state index in [9.17, 15) is 8.42 Å². The molecule has 1 fully saturated rings. The average molecular weight is 348 g/mol. The topological polar surface area (TPSA) is 93.2 Å². The van der Waals surface area contributed by atoms with Crippen LogP contribution in [0.4, 0.5) is 17.5 Å². The Morgan fingerprint density at radius 2 is 2.12 bits per heavy atom. The number of aromatic nitrogens is 2. The maximum atomic E-state index is 11.5. The van der Waals surface area contributed by atoms with Crippen molar-refractivity contribution in [3.05, 3.63) is 36.0 Å². The molecule has 1 aliphatic heterocycles. The van der Waals surface area contributed by atoms with Crippen LogP contribution in [0.25, 0.3) is 0 Å². The summed E-state index contributed by atoms with van der Waals surface area (Å²) in [5.41, 5.74) is 1.86. The molecule has 24 heavy (non-hydrogen) atoms. The summed E-state index contributed by atoms with van der Waals surface area (Å²) in [6, 6.07) is 7.41. The number of ether oxygens (including phenoxy) is 1. The first-order valence-corrected chi connectivity index (χ1v) is 9.49. The quantitative estimate of drug-likeness (QED) is 0.855. The normalized spacial score (nSPS) is 19.0. The molecule has 2 aromatic rings. The van der Waals surface area contributed by atoms with Crippen molar-refractivity contribution in [3.8, 4) is 5.75 Å². The SMILES string of the molecule is COc1ccc(C)cc1Nc1nccc(NC2CCS(=O)(=O)C2)n1. The molecule has 128 valence electrons. The summed E-state index contributed by atoms with van der Waals surface area (Å²) in [5, 5.41) is 6.30. The van der Waals surface area contributed by atoms with E-state index < -0.39 is 9.84 Å². The van der Waals surface area contributed by atoms with E-state index in [1.165, 1.54) is 0 Å². The number of methoxy groups -OCH3 is 1. The lowest BCUT2D eigenvalue weighted by Gasteiger charge is -2.14. The van der Waals surface area contributed by atoms with Crippen LogP contribution in [-0.2, 0) is 9.84 Å². The average Bonchev–Trinajstić information content (AvgIpc) is 2.87. The Kier molecular flexibility index (Phi) is 4.57. The molecule has 0 amide bonds. The number of benzene rings is 1. The van der Waals surface area contributed by atoms with Gasteiger partial charge < -0.3 is 15.4 Å². The second-order valence-corrected chi connectivity index (χ2v) is 8.07. The maximum absolute atomic E-state index is 11.5. The molecule has 0 spiro atoms. The van der Waals surface area contributed by atoms with Gasteiger partial charge in [-0.25, -0.2) is 13.4 Å². The molecule has 0 bridgehead atoms. The summed E-state index contributed by atoms with van der Waals surface area (Å²) in [6.07, 6.45) is 2.23. The van der Waals surface area contributed by atoms with Crippen molar-refractivity contribution in [3.63, 3.8) is 0 Å². The van der Waals surface area contributed by atoms with Crippen LogP contribution in [0, 0.1) is 6.92 Å². The first kappa shape index (κ1) is 16.5. The molecule has 1 aromatic heterocycles. The molecule has 0 radical (unpaired) electrons. The van der Waals surface area contributed by atoms with Gasteiger partial charge >= 0.3 is 0 Å². The minimum absolute atomic E-state index is 0.105. The molecule has 0 saturated carbocycles. The minimum Gasteiger partial charge on any atom is -0.495 e. The number of nitrogens with one attached hydrogen (secondary N) is 2. The van der Waals surface area contributed by atoms with Gasteiger partial charge in [0.1, 0.15) is 11.6 Å². The van der Waals surface area contributed by atoms with Gasteiger partial charge in [-0.3, -0.25) is 0 Å². The third-order valence-electron chi connectivity index (χ3n) is 3.84. The lowest BCUT2D eigenvalue weighted by Crippen LogP contribution is -2.21. The summed E-state index contributed by atoms with van der Waals surface area (Å²) in [5.74, 6) is 2.09. The van der Waals surface area contributed by atoms with Crippen molar-refractivity contribution in [1.82, 2.24) is 9.97 Å². The Balaban J connectivity index is 1.75. The van der Waals surface area contributed by atoms with Crippen LogP contribution in [0.3, 0.4) is 0 Å². The molecule has 1 saturated heterocycles. The van der Waals surface area contributed by atoms with Crippen molar-refractivity contribution in [2.24, 2.45) is 0 Å². The van der Waals surface area contributed by atoms with Crippen molar-refractivity contribution in [2.45, 2.75) is 19.4 Å². The maximum Gasteiger partial charge on any atom is 0.229 e. The van der Waals surface area contributed by atoms with Crippen LogP contribution in [0.5, 0.6) is 5.75 Å². The van der Waals surface area contributed by atoms with Crippen LogP contribution in [0.2, 0.25) is 0 Å². The minimum atomic E-state index is -2.93. The van der Waals surface area contributed by atoms with E-state index in [4.69, 9.17) is 4.74 Å². The molecular formula is C16H20N4O3S. The van der Waals surface area contributed by atoms with Gasteiger partial charge in [-0.2, -0.15) is 4.98 Å². The van der Waals surface area contributed by atoms with Crippen molar-refractivity contribution in [1.29, 1.82) is 0 Å². The van der Waals surface area contributed by atoms with E-state index in [0.29, 0.717) is 23.9 Å². The highest BCUT2D eigenvalue weighted by Gasteiger charge is 2.27. The third kappa shape index (κ3) is 3.94. The van der Waals surface area contributed by atoms with Gasteiger partial charge in [-0.05, 0) is 37.1 Å². The summed E-state index contributed by atoms with van der Waals surface area (Å²) in [4.78, 5) is 8.61. The summed E-state index contributed by atoms with van der Waals surface area (Å²) in [6.45, 7) is 1.99. The van der Waals surface area contributed by atoms with Crippen LogP contribution in [0.15, 0.2) is 30.5 Å². The molecule has 1 unspecified atom stereocenters. The Hall–Kier alpha value is -2.35. The number of aryl methyl sites for hydroxylation is 1. The first-order chi connectivity index (χ1) is 11.4. The van der Waals surface area contributed by atoms with Gasteiger partial charge in [-0.15, -0.1) is 0 Å². The van der Waals surface area contributed by atoms with Crippen LogP contribution >= 0.6 is 0 Å². The lowest BCUT2D eigenvalue weighted by molar-refractivity contribution is 0.416. The molecule has 2 N–H and O–H groups in total. The zero-order valence-electron chi connectivity index (χ0n) is 13.6. The molecule has 7 nitrogen and oxygen atoms in total. The van der Waals surface area contributed by atoms with Gasteiger partial charge in [0, 0.05) is 12.2 Å². The molecule has 0 aliphatic carbocycles. The second kappa shape index (κ2) is 6.64. The fourth-order valence-corrected chi connectivity index (χ4v) is 4.33. The lowest BCUT2D eigenvalue weighted by atomic mass is 10.2. The fraction of sp³-hybridized carbons (Fsp3) is 0.375. The first-order valence-electron chi connectivity index (χ1n) is 7.67. The zero-order valence-corrected chi connectivity index (χ0v) is 14.4. The number of rotatable bonds is 5. The zero-order chi connectivity index (χ0) is 17.2. The molecular weight excluding hydrogens is 328 g/mol. The third-order valence-corrected chi connectivity index (χ3v) is 5.61. The highest BCUT2D eigenvalue weighted by atomic mass is 32.2. The Labute approximate surface area is 141 Å². The monoisotopic (exact) mass is 348 g/mol. The number of nitrogens with zero attached hydrogens (tertiary/aromatic N) is 2. The van der Waals surface area contributed by atoms with Crippen molar-refractivity contribution < 1.29 is 13.2 Å². The van der Waals surface area contributed by atoms with Crippen LogP contribution in [-0.4, -0.2) is 43.0 Å². The molecule has 8 heteroatoms. The van der Waals surface area contributed by atoms with E-state index in [2.05, 4.69) is 20.6 Å². The number of hydrogen-bond acceptors (Lipinski definition) is 7. The standard InChI is InChI=1S/C16H20N4O3S/c1-11-3-4-14(23-2)13(9-11)19-16-17-7-5-15(20-16)18-12-6-8-24(21,22)10-12/h3-5,7,9,12H,6,8,10H2,1-2H3,(H2,17,18,19,20). The highest BCUT2D eigenvalue weighted by Crippen LogP contribution is 2.27. The summed E-state index contributed by atoms with van der Waals surface area (Å²) < 4.78 is 28.4. The van der Waals surface area contributed by atoms with Crippen molar-refractivity contribution >= 4 is 27.3 Å². The Bertz CT molecular complexity index is 839. The Morgan fingerprint density at radius 3 is 2.83 bits per heavy atom. The number of anilines is 3. The van der Waals surface area contributed by atoms with E-state index in [1.807, 2.05) is 25.1 Å². The molecule has 1 aliphatic rings. The summed E-state index contributed by atoms with van der Waals surface area (Å²) in [7, 11) is -1.32. The van der Waals surface area contributed by atoms with E-state index in [-0.39, 0.29) is 17.5 Å². The van der Waals surface area contributed by atoms with Crippen LogP contribution < -0.4 is 15.4 Å². The predicted molar refractivity (Wildman–Crippen MR) is 93.7 cm³/mol. The molecule has 1 aromatic carbocycles. The van der Waals surface area contributed by atoms with E-state index >= 15 is 0 Å². The van der Waals surface area contributed by atoms with E-state index in [0.717, 1.165) is 11.3 Å². The van der Waals surface area contributed by atoms with Crippen LogP contribution in [0.1, 0.15) is 12.0 Å². The Morgan fingerprint density at radius 1 is 1.29 bits per heavy atom. The second-order valence-electron chi connectivity index (χ2n) is 5.84. The molecule has 2 heterocycles. The predicted octanol–water partition coefficient (Wildman–Crippen LogP) is 2.14. The van der Waals surface area contributed by atoms with Gasteiger partial charge in [0.25, 0.3) is 0 Å². The summed E-state index contributed by atoms with van der Waals surface area (Å²) >= 11 is 0. The smallest absolute Gasteiger partial charge is 0.229 e. The van der Waals surface area contributed by atoms with Gasteiger partial charge in [0.15, 0.2) is 9.84 Å². The fourth-order valence-electron chi connectivity index (χ4n) is 2.66. The molecule has 3 rings (SSSR count).